The molecule has 2 N–H and O–H groups in total. The number of hydrogen-bond donors (Lipinski definition) is 2. The number of aromatic nitrogens is 2. The first-order chi connectivity index (χ1) is 5.81. The van der Waals surface area contributed by atoms with E-state index in [1.807, 2.05) is 0 Å². The lowest BCUT2D eigenvalue weighted by molar-refractivity contribution is 0.283. The highest BCUT2D eigenvalue weighted by Gasteiger charge is 2.02. The second-order valence-corrected chi connectivity index (χ2v) is 3.99. The van der Waals surface area contributed by atoms with Gasteiger partial charge in [0.25, 0.3) is 0 Å². The van der Waals surface area contributed by atoms with Crippen LogP contribution in [0.25, 0.3) is 10.3 Å². The lowest BCUT2D eigenvalue weighted by atomic mass is 10.3. The highest BCUT2D eigenvalue weighted by Crippen LogP contribution is 2.19. The molecule has 0 aliphatic heterocycles. The molecule has 5 heteroatoms. The minimum Gasteiger partial charge on any atom is -0.392 e. The van der Waals surface area contributed by atoms with Gasteiger partial charge in [0.15, 0.2) is 3.95 Å². The average molecular weight is 198 g/mol. The Morgan fingerprint density at radius 3 is 3.25 bits per heavy atom. The molecule has 12 heavy (non-hydrogen) atoms. The summed E-state index contributed by atoms with van der Waals surface area (Å²) in [5.41, 5.74) is 1.70. The summed E-state index contributed by atoms with van der Waals surface area (Å²) in [5, 5.41) is 8.97. The minimum atomic E-state index is 0.0149. The van der Waals surface area contributed by atoms with Crippen molar-refractivity contribution in [1.82, 2.24) is 9.97 Å². The Morgan fingerprint density at radius 1 is 1.67 bits per heavy atom. The summed E-state index contributed by atoms with van der Waals surface area (Å²) in [4.78, 5) is 7.96. The van der Waals surface area contributed by atoms with Crippen molar-refractivity contribution in [2.45, 2.75) is 6.61 Å². The van der Waals surface area contributed by atoms with Crippen molar-refractivity contribution in [2.75, 3.05) is 0 Å². The Bertz CT molecular complexity index is 460. The van der Waals surface area contributed by atoms with Gasteiger partial charge in [-0.2, -0.15) is 0 Å². The number of hydrogen-bond acceptors (Lipinski definition) is 4. The molecule has 0 atom stereocenters. The number of nitrogens with one attached hydrogen (secondary N) is 1. The number of fused-ring (bicyclic) bond motifs is 1. The minimum absolute atomic E-state index is 0.0149. The van der Waals surface area contributed by atoms with E-state index >= 15 is 0 Å². The van der Waals surface area contributed by atoms with Crippen LogP contribution in [0.15, 0.2) is 12.3 Å². The maximum Gasteiger partial charge on any atom is 0.160 e. The molecule has 0 saturated carbocycles. The third-order valence-corrected chi connectivity index (χ3v) is 2.73. The molecular formula is C7H6N2OS2. The van der Waals surface area contributed by atoms with E-state index in [1.165, 1.54) is 11.3 Å². The van der Waals surface area contributed by atoms with E-state index in [0.717, 1.165) is 15.9 Å². The third kappa shape index (κ3) is 1.16. The first-order valence-electron chi connectivity index (χ1n) is 3.39. The highest BCUT2D eigenvalue weighted by atomic mass is 32.1. The smallest absolute Gasteiger partial charge is 0.160 e. The van der Waals surface area contributed by atoms with E-state index in [-0.39, 0.29) is 6.61 Å². The van der Waals surface area contributed by atoms with Crippen LogP contribution < -0.4 is 0 Å². The summed E-state index contributed by atoms with van der Waals surface area (Å²) in [7, 11) is 0. The van der Waals surface area contributed by atoms with Crippen LogP contribution in [0.5, 0.6) is 0 Å². The van der Waals surface area contributed by atoms with Gasteiger partial charge in [-0.25, -0.2) is 4.98 Å². The van der Waals surface area contributed by atoms with Crippen molar-refractivity contribution in [3.8, 4) is 0 Å². The summed E-state index contributed by atoms with van der Waals surface area (Å²) < 4.78 is 0.693. The van der Waals surface area contributed by atoms with Gasteiger partial charge in [-0.15, -0.1) is 0 Å². The number of nitrogens with zero attached hydrogens (tertiary/aromatic N) is 1. The van der Waals surface area contributed by atoms with E-state index in [1.54, 1.807) is 12.3 Å². The molecule has 0 aromatic carbocycles. The van der Waals surface area contributed by atoms with E-state index in [9.17, 15) is 0 Å². The normalized spacial score (nSPS) is 10.8. The predicted molar refractivity (Wildman–Crippen MR) is 50.7 cm³/mol. The second kappa shape index (κ2) is 2.93. The maximum absolute atomic E-state index is 8.97. The zero-order chi connectivity index (χ0) is 8.55. The molecule has 2 heterocycles. The predicted octanol–water partition coefficient (Wildman–Crippen LogP) is 1.85. The Morgan fingerprint density at radius 2 is 2.50 bits per heavy atom. The Balaban J connectivity index is 2.87. The van der Waals surface area contributed by atoms with Gasteiger partial charge in [0.2, 0.25) is 0 Å². The van der Waals surface area contributed by atoms with Gasteiger partial charge >= 0.3 is 0 Å². The fourth-order valence-corrected chi connectivity index (χ4v) is 2.10. The van der Waals surface area contributed by atoms with Crippen molar-refractivity contribution < 1.29 is 5.11 Å². The number of pyridine rings is 1. The van der Waals surface area contributed by atoms with Crippen LogP contribution in [-0.2, 0) is 6.61 Å². The van der Waals surface area contributed by atoms with Crippen molar-refractivity contribution in [1.29, 1.82) is 0 Å². The first kappa shape index (κ1) is 7.85. The Labute approximate surface area is 77.7 Å². The largest absolute Gasteiger partial charge is 0.392 e. The van der Waals surface area contributed by atoms with E-state index < -0.39 is 0 Å². The van der Waals surface area contributed by atoms with Gasteiger partial charge in [-0.05, 0) is 18.3 Å². The lowest BCUT2D eigenvalue weighted by Crippen LogP contribution is -1.85. The van der Waals surface area contributed by atoms with Gasteiger partial charge in [0.1, 0.15) is 4.83 Å². The van der Waals surface area contributed by atoms with Crippen LogP contribution in [0.3, 0.4) is 0 Å². The molecule has 0 spiro atoms. The zero-order valence-corrected chi connectivity index (χ0v) is 7.71. The number of thiazole rings is 1. The molecular weight excluding hydrogens is 192 g/mol. The molecule has 0 radical (unpaired) electrons. The molecule has 0 amide bonds. The molecule has 0 unspecified atom stereocenters. The fraction of sp³-hybridized carbons (Fsp3) is 0.143. The van der Waals surface area contributed by atoms with Crippen LogP contribution in [0, 0.1) is 3.95 Å². The van der Waals surface area contributed by atoms with E-state index in [2.05, 4.69) is 9.97 Å². The van der Waals surface area contributed by atoms with Crippen molar-refractivity contribution in [3.05, 3.63) is 21.8 Å². The second-order valence-electron chi connectivity index (χ2n) is 2.32. The monoisotopic (exact) mass is 198 g/mol. The highest BCUT2D eigenvalue weighted by molar-refractivity contribution is 7.73. The SMILES string of the molecule is OCc1ccnc2sc(=S)[nH]c12. The first-order valence-corrected chi connectivity index (χ1v) is 4.61. The van der Waals surface area contributed by atoms with Crippen LogP contribution in [0.4, 0.5) is 0 Å². The van der Waals surface area contributed by atoms with Crippen molar-refractivity contribution in [3.63, 3.8) is 0 Å². The fourth-order valence-electron chi connectivity index (χ4n) is 1.04. The maximum atomic E-state index is 8.97. The molecule has 2 aromatic rings. The summed E-state index contributed by atoms with van der Waals surface area (Å²) >= 11 is 6.38. The summed E-state index contributed by atoms with van der Waals surface area (Å²) in [6, 6.07) is 1.78. The molecule has 0 aliphatic rings. The molecule has 62 valence electrons. The van der Waals surface area contributed by atoms with Crippen LogP contribution in [-0.4, -0.2) is 15.1 Å². The van der Waals surface area contributed by atoms with Gasteiger partial charge in [0.05, 0.1) is 12.1 Å². The standard InChI is InChI=1S/C7H6N2OS2/c10-3-4-1-2-8-6-5(4)9-7(11)12-6/h1-2,10H,3H2,(H,9,11). The summed E-state index contributed by atoms with van der Waals surface area (Å²) in [6.07, 6.45) is 1.67. The summed E-state index contributed by atoms with van der Waals surface area (Å²) in [5.74, 6) is 0. The number of H-pyrrole nitrogens is 1. The number of rotatable bonds is 1. The molecule has 0 fully saturated rings. The lowest BCUT2D eigenvalue weighted by Gasteiger charge is -1.94. The van der Waals surface area contributed by atoms with E-state index in [4.69, 9.17) is 17.3 Å². The van der Waals surface area contributed by atoms with Gasteiger partial charge in [-0.3, -0.25) is 0 Å². The van der Waals surface area contributed by atoms with E-state index in [0.29, 0.717) is 3.95 Å². The average Bonchev–Trinajstić information content (AvgIpc) is 2.44. The number of aromatic amines is 1. The molecule has 0 aliphatic carbocycles. The third-order valence-electron chi connectivity index (χ3n) is 1.59. The van der Waals surface area contributed by atoms with Gasteiger partial charge in [-0.1, -0.05) is 11.3 Å². The quantitative estimate of drug-likeness (QED) is 0.687. The zero-order valence-electron chi connectivity index (χ0n) is 6.07. The molecule has 2 aromatic heterocycles. The van der Waals surface area contributed by atoms with Crippen molar-refractivity contribution in [2.24, 2.45) is 0 Å². The molecule has 0 bridgehead atoms. The van der Waals surface area contributed by atoms with Gasteiger partial charge < -0.3 is 10.1 Å². The summed E-state index contributed by atoms with van der Waals surface area (Å²) in [6.45, 7) is 0.0149. The number of aliphatic hydroxyl groups is 1. The van der Waals surface area contributed by atoms with Crippen LogP contribution in [0.2, 0.25) is 0 Å². The van der Waals surface area contributed by atoms with Crippen molar-refractivity contribution >= 4 is 33.9 Å². The molecule has 3 nitrogen and oxygen atoms in total. The number of aliphatic hydroxyl groups excluding tert-OH is 1. The Kier molecular flexibility index (Phi) is 1.92. The topological polar surface area (TPSA) is 48.9 Å². The van der Waals surface area contributed by atoms with Crippen LogP contribution >= 0.6 is 23.6 Å². The van der Waals surface area contributed by atoms with Gasteiger partial charge in [0, 0.05) is 11.8 Å². The molecule has 2 rings (SSSR count). The van der Waals surface area contributed by atoms with Crippen LogP contribution in [0.1, 0.15) is 5.56 Å². The molecule has 0 saturated heterocycles. The Hall–Kier alpha value is -0.780.